The highest BCUT2D eigenvalue weighted by molar-refractivity contribution is 9.10. The molecule has 0 radical (unpaired) electrons. The molecule has 0 fully saturated rings. The van der Waals surface area contributed by atoms with Crippen LogP contribution in [0.15, 0.2) is 16.7 Å². The average Bonchev–Trinajstić information content (AvgIpc) is 2.30. The number of hydrogen-bond donors (Lipinski definition) is 0. The summed E-state index contributed by atoms with van der Waals surface area (Å²) in [5, 5.41) is 0. The smallest absolute Gasteiger partial charge is 0.166 e. The molecule has 0 unspecified atom stereocenters. The van der Waals surface area contributed by atoms with E-state index in [0.717, 1.165) is 38.8 Å². The van der Waals surface area contributed by atoms with Crippen LogP contribution in [0.25, 0.3) is 0 Å². The largest absolute Gasteiger partial charge is 0.354 e. The molecule has 4 heteroatoms. The second-order valence-electron chi connectivity index (χ2n) is 4.15. The molecule has 0 aliphatic heterocycles. The van der Waals surface area contributed by atoms with Crippen LogP contribution in [0.5, 0.6) is 0 Å². The quantitative estimate of drug-likeness (QED) is 0.742. The highest BCUT2D eigenvalue weighted by atomic mass is 79.9. The first-order valence-electron chi connectivity index (χ1n) is 6.25. The third kappa shape index (κ3) is 4.62. The number of anilines is 1. The standard InChI is InChI=1S/C13H20BrFN2/c1-3-5-7-17(8-6-4-2)13-12(15)9-11(14)10-16-13/h9-10H,3-8H2,1-2H3. The summed E-state index contributed by atoms with van der Waals surface area (Å²) in [4.78, 5) is 6.24. The molecular formula is C13H20BrFN2. The van der Waals surface area contributed by atoms with E-state index in [1.54, 1.807) is 6.20 Å². The van der Waals surface area contributed by atoms with Gasteiger partial charge in [0.15, 0.2) is 11.6 Å². The molecule has 96 valence electrons. The molecule has 0 bridgehead atoms. The molecule has 0 amide bonds. The molecule has 0 aliphatic rings. The first-order chi connectivity index (χ1) is 8.19. The van der Waals surface area contributed by atoms with Crippen molar-refractivity contribution >= 4 is 21.7 Å². The van der Waals surface area contributed by atoms with Crippen molar-refractivity contribution in [3.05, 3.63) is 22.6 Å². The van der Waals surface area contributed by atoms with Gasteiger partial charge in [0, 0.05) is 23.8 Å². The highest BCUT2D eigenvalue weighted by Crippen LogP contribution is 2.20. The van der Waals surface area contributed by atoms with Crippen LogP contribution >= 0.6 is 15.9 Å². The molecule has 0 saturated heterocycles. The molecular weight excluding hydrogens is 283 g/mol. The fourth-order valence-electron chi connectivity index (χ4n) is 1.66. The fourth-order valence-corrected chi connectivity index (χ4v) is 1.96. The number of hydrogen-bond acceptors (Lipinski definition) is 2. The van der Waals surface area contributed by atoms with Crippen molar-refractivity contribution in [2.45, 2.75) is 39.5 Å². The molecule has 17 heavy (non-hydrogen) atoms. The van der Waals surface area contributed by atoms with Gasteiger partial charge in [-0.05, 0) is 34.8 Å². The lowest BCUT2D eigenvalue weighted by Gasteiger charge is -2.23. The van der Waals surface area contributed by atoms with Crippen molar-refractivity contribution < 1.29 is 4.39 Å². The lowest BCUT2D eigenvalue weighted by atomic mass is 10.2. The van der Waals surface area contributed by atoms with Crippen LogP contribution in [0.4, 0.5) is 10.2 Å². The Labute approximate surface area is 111 Å². The maximum atomic E-state index is 13.8. The molecule has 1 rings (SSSR count). The minimum atomic E-state index is -0.244. The van der Waals surface area contributed by atoms with E-state index in [1.165, 1.54) is 6.07 Å². The van der Waals surface area contributed by atoms with E-state index in [-0.39, 0.29) is 5.82 Å². The average molecular weight is 303 g/mol. The Balaban J connectivity index is 2.79. The summed E-state index contributed by atoms with van der Waals surface area (Å²) < 4.78 is 14.5. The highest BCUT2D eigenvalue weighted by Gasteiger charge is 2.12. The summed E-state index contributed by atoms with van der Waals surface area (Å²) in [7, 11) is 0. The Bertz CT molecular complexity index is 336. The summed E-state index contributed by atoms with van der Waals surface area (Å²) in [5.74, 6) is 0.238. The zero-order chi connectivity index (χ0) is 12.7. The Morgan fingerprint density at radius 1 is 1.24 bits per heavy atom. The van der Waals surface area contributed by atoms with Gasteiger partial charge >= 0.3 is 0 Å². The van der Waals surface area contributed by atoms with Crippen molar-refractivity contribution in [1.29, 1.82) is 0 Å². The van der Waals surface area contributed by atoms with Crippen LogP contribution in [0.2, 0.25) is 0 Å². The van der Waals surface area contributed by atoms with Gasteiger partial charge in [-0.2, -0.15) is 0 Å². The Morgan fingerprint density at radius 3 is 2.29 bits per heavy atom. The normalized spacial score (nSPS) is 10.6. The molecule has 1 aromatic heterocycles. The summed E-state index contributed by atoms with van der Waals surface area (Å²) >= 11 is 3.23. The summed E-state index contributed by atoms with van der Waals surface area (Å²) in [6, 6.07) is 1.48. The van der Waals surface area contributed by atoms with E-state index in [1.807, 2.05) is 0 Å². The number of nitrogens with zero attached hydrogens (tertiary/aromatic N) is 2. The molecule has 0 N–H and O–H groups in total. The fraction of sp³-hybridized carbons (Fsp3) is 0.615. The van der Waals surface area contributed by atoms with Gasteiger partial charge in [0.1, 0.15) is 0 Å². The lowest BCUT2D eigenvalue weighted by molar-refractivity contribution is 0.594. The molecule has 2 nitrogen and oxygen atoms in total. The minimum absolute atomic E-state index is 0.244. The molecule has 0 saturated carbocycles. The summed E-state index contributed by atoms with van der Waals surface area (Å²) in [6.45, 7) is 6.04. The van der Waals surface area contributed by atoms with Crippen LogP contribution < -0.4 is 4.90 Å². The summed E-state index contributed by atoms with van der Waals surface area (Å²) in [5.41, 5.74) is 0. The third-order valence-corrected chi connectivity index (χ3v) is 3.08. The second-order valence-corrected chi connectivity index (χ2v) is 5.07. The van der Waals surface area contributed by atoms with Crippen molar-refractivity contribution in [3.63, 3.8) is 0 Å². The van der Waals surface area contributed by atoms with Gasteiger partial charge in [-0.15, -0.1) is 0 Å². The van der Waals surface area contributed by atoms with Crippen molar-refractivity contribution in [3.8, 4) is 0 Å². The molecule has 0 aromatic carbocycles. The SMILES string of the molecule is CCCCN(CCCC)c1ncc(Br)cc1F. The number of rotatable bonds is 7. The second kappa shape index (κ2) is 7.64. The maximum absolute atomic E-state index is 13.8. The minimum Gasteiger partial charge on any atom is -0.354 e. The Hall–Kier alpha value is -0.640. The lowest BCUT2D eigenvalue weighted by Crippen LogP contribution is -2.27. The van der Waals surface area contributed by atoms with E-state index < -0.39 is 0 Å². The van der Waals surface area contributed by atoms with Crippen LogP contribution in [-0.4, -0.2) is 18.1 Å². The van der Waals surface area contributed by atoms with Crippen LogP contribution in [0.3, 0.4) is 0 Å². The molecule has 0 atom stereocenters. The van der Waals surface area contributed by atoms with Gasteiger partial charge in [0.05, 0.1) is 0 Å². The van der Waals surface area contributed by atoms with Crippen molar-refractivity contribution in [2.24, 2.45) is 0 Å². The molecule has 0 aliphatic carbocycles. The van der Waals surface area contributed by atoms with Gasteiger partial charge < -0.3 is 4.90 Å². The monoisotopic (exact) mass is 302 g/mol. The topological polar surface area (TPSA) is 16.1 Å². The number of pyridine rings is 1. The van der Waals surface area contributed by atoms with Gasteiger partial charge in [-0.25, -0.2) is 9.37 Å². The molecule has 1 heterocycles. The van der Waals surface area contributed by atoms with Crippen molar-refractivity contribution in [2.75, 3.05) is 18.0 Å². The zero-order valence-corrected chi connectivity index (χ0v) is 12.1. The molecule has 1 aromatic rings. The van der Waals surface area contributed by atoms with Gasteiger partial charge in [-0.3, -0.25) is 0 Å². The summed E-state index contributed by atoms with van der Waals surface area (Å²) in [6.07, 6.45) is 6.02. The Morgan fingerprint density at radius 2 is 1.82 bits per heavy atom. The first kappa shape index (κ1) is 14.4. The van der Waals surface area contributed by atoms with Gasteiger partial charge in [0.25, 0.3) is 0 Å². The van der Waals surface area contributed by atoms with E-state index >= 15 is 0 Å². The third-order valence-electron chi connectivity index (χ3n) is 2.65. The van der Waals surface area contributed by atoms with E-state index in [0.29, 0.717) is 10.3 Å². The molecule has 0 spiro atoms. The van der Waals surface area contributed by atoms with E-state index in [4.69, 9.17) is 0 Å². The van der Waals surface area contributed by atoms with E-state index in [2.05, 4.69) is 39.7 Å². The predicted molar refractivity (Wildman–Crippen MR) is 73.9 cm³/mol. The maximum Gasteiger partial charge on any atom is 0.166 e. The van der Waals surface area contributed by atoms with E-state index in [9.17, 15) is 4.39 Å². The van der Waals surface area contributed by atoms with Gasteiger partial charge in [0.2, 0.25) is 0 Å². The number of aromatic nitrogens is 1. The van der Waals surface area contributed by atoms with Crippen LogP contribution in [0, 0.1) is 5.82 Å². The Kier molecular flexibility index (Phi) is 6.48. The number of halogens is 2. The number of unbranched alkanes of at least 4 members (excludes halogenated alkanes) is 2. The van der Waals surface area contributed by atoms with Gasteiger partial charge in [-0.1, -0.05) is 26.7 Å². The zero-order valence-electron chi connectivity index (χ0n) is 10.5. The van der Waals surface area contributed by atoms with Crippen LogP contribution in [0.1, 0.15) is 39.5 Å². The van der Waals surface area contributed by atoms with Crippen molar-refractivity contribution in [1.82, 2.24) is 4.98 Å². The van der Waals surface area contributed by atoms with Crippen LogP contribution in [-0.2, 0) is 0 Å². The first-order valence-corrected chi connectivity index (χ1v) is 7.04. The predicted octanol–water partition coefficient (Wildman–Crippen LogP) is 4.39.